The van der Waals surface area contributed by atoms with Crippen molar-refractivity contribution in [3.63, 3.8) is 0 Å². The Kier molecular flexibility index (Phi) is 13.1. The lowest BCUT2D eigenvalue weighted by Crippen LogP contribution is -2.49. The molecule has 2 amide bonds. The van der Waals surface area contributed by atoms with Gasteiger partial charge in [0.05, 0.1) is 23.7 Å². The number of carbonyl (C=O) groups is 2. The topological polar surface area (TPSA) is 181 Å². The molecule has 2 saturated heterocycles. The van der Waals surface area contributed by atoms with E-state index in [0.717, 1.165) is 0 Å². The second-order valence-corrected chi connectivity index (χ2v) is 16.2. The molecule has 0 radical (unpaired) electrons. The summed E-state index contributed by atoms with van der Waals surface area (Å²) in [7, 11) is 0. The number of hydrogen-bond donors (Lipinski definition) is 3. The van der Waals surface area contributed by atoms with Crippen LogP contribution in [0.4, 0.5) is 25.6 Å². The fraction of sp³-hybridized carbons (Fsp3) is 0.556. The number of rotatable bonds is 6. The number of β-amino-alcohol motifs (C(OH)–C–C–N with tert-alkyl or cyclic N) is 1. The number of hydrogen-bond acceptors (Lipinski definition) is 13. The summed E-state index contributed by atoms with van der Waals surface area (Å²) in [5.74, 6) is 0.979. The van der Waals surface area contributed by atoms with Gasteiger partial charge in [0, 0.05) is 69.6 Å². The van der Waals surface area contributed by atoms with Crippen LogP contribution in [0.1, 0.15) is 54.4 Å². The number of aliphatic hydroxyl groups is 1. The van der Waals surface area contributed by atoms with E-state index in [9.17, 15) is 19.1 Å². The Morgan fingerprint density at radius 1 is 0.741 bits per heavy atom. The first-order valence-corrected chi connectivity index (χ1v) is 18.5. The predicted molar refractivity (Wildman–Crippen MR) is 204 cm³/mol. The Morgan fingerprint density at radius 3 is 1.63 bits per heavy atom. The maximum Gasteiger partial charge on any atom is 0.410 e. The number of aliphatic hydroxyl groups excluding tert-OH is 1. The molecule has 18 heteroatoms. The summed E-state index contributed by atoms with van der Waals surface area (Å²) in [6.45, 7) is 13.0. The van der Waals surface area contributed by atoms with Gasteiger partial charge in [-0.1, -0.05) is 23.2 Å². The molecule has 4 aromatic rings. The lowest BCUT2D eigenvalue weighted by atomic mass is 9.96. The van der Waals surface area contributed by atoms with E-state index in [-0.39, 0.29) is 24.9 Å². The van der Waals surface area contributed by atoms with E-state index in [0.29, 0.717) is 83.0 Å². The highest BCUT2D eigenvalue weighted by molar-refractivity contribution is 6.30. The van der Waals surface area contributed by atoms with Crippen LogP contribution in [0.25, 0.3) is 22.1 Å². The quantitative estimate of drug-likeness (QED) is 0.183. The van der Waals surface area contributed by atoms with E-state index in [1.54, 1.807) is 62.6 Å². The van der Waals surface area contributed by atoms with Gasteiger partial charge in [-0.05, 0) is 66.2 Å². The van der Waals surface area contributed by atoms with Gasteiger partial charge in [0.15, 0.2) is 11.6 Å². The molecule has 6 heterocycles. The van der Waals surface area contributed by atoms with Crippen molar-refractivity contribution in [1.29, 1.82) is 0 Å². The number of fused-ring (bicyclic) bond motifs is 2. The molecule has 0 aliphatic carbocycles. The highest BCUT2D eigenvalue weighted by Crippen LogP contribution is 2.26. The molecule has 4 aromatic heterocycles. The van der Waals surface area contributed by atoms with E-state index in [1.165, 1.54) is 4.90 Å². The van der Waals surface area contributed by atoms with Gasteiger partial charge in [-0.2, -0.15) is 0 Å². The van der Waals surface area contributed by atoms with Gasteiger partial charge in [-0.3, -0.25) is 9.97 Å². The minimum absolute atomic E-state index is 0.0359. The second-order valence-electron chi connectivity index (χ2n) is 15.4. The fourth-order valence-corrected chi connectivity index (χ4v) is 6.55. The first kappa shape index (κ1) is 40.8. The predicted octanol–water partition coefficient (Wildman–Crippen LogP) is 6.39. The summed E-state index contributed by atoms with van der Waals surface area (Å²) in [6.07, 6.45) is 4.68. The number of ether oxygens (including phenoxy) is 2. The van der Waals surface area contributed by atoms with E-state index < -0.39 is 35.7 Å². The molecule has 6 rings (SSSR count). The summed E-state index contributed by atoms with van der Waals surface area (Å²) in [6, 6.07) is 3.29. The molecular weight excluding hydrogens is 742 g/mol. The van der Waals surface area contributed by atoms with Crippen LogP contribution in [0, 0.1) is 11.8 Å². The molecule has 292 valence electrons. The normalized spacial score (nSPS) is 20.6. The summed E-state index contributed by atoms with van der Waals surface area (Å²) in [5.41, 5.74) is 1.31. The number of carbonyl (C=O) groups excluding carboxylic acids is 2. The molecular formula is C36H47Cl2FN10O5. The Morgan fingerprint density at radius 2 is 1.17 bits per heavy atom. The van der Waals surface area contributed by atoms with E-state index in [1.807, 2.05) is 20.8 Å². The van der Waals surface area contributed by atoms with Crippen molar-refractivity contribution in [2.24, 2.45) is 11.8 Å². The van der Waals surface area contributed by atoms with Crippen molar-refractivity contribution in [2.45, 2.75) is 77.9 Å². The Balaban J connectivity index is 0.000000208. The summed E-state index contributed by atoms with van der Waals surface area (Å²) >= 11 is 12.1. The molecule has 0 spiro atoms. The van der Waals surface area contributed by atoms with Crippen LogP contribution in [-0.2, 0) is 9.47 Å². The third-order valence-corrected chi connectivity index (χ3v) is 8.66. The van der Waals surface area contributed by atoms with Crippen molar-refractivity contribution in [3.05, 3.63) is 47.2 Å². The highest BCUT2D eigenvalue weighted by atomic mass is 35.5. The smallest absolute Gasteiger partial charge is 0.410 e. The number of nitrogens with one attached hydrogen (secondary N) is 2. The molecule has 2 aliphatic rings. The van der Waals surface area contributed by atoms with Gasteiger partial charge >= 0.3 is 12.2 Å². The second kappa shape index (κ2) is 17.4. The van der Waals surface area contributed by atoms with Crippen molar-refractivity contribution in [3.8, 4) is 0 Å². The number of anilines is 2. The van der Waals surface area contributed by atoms with Crippen LogP contribution in [0.5, 0.6) is 0 Å². The molecule has 4 unspecified atom stereocenters. The average molecular weight is 790 g/mol. The zero-order valence-corrected chi connectivity index (χ0v) is 32.7. The summed E-state index contributed by atoms with van der Waals surface area (Å²) < 4.78 is 25.0. The zero-order valence-electron chi connectivity index (χ0n) is 31.2. The number of alkyl halides is 1. The first-order chi connectivity index (χ1) is 25.4. The number of halogens is 3. The first-order valence-electron chi connectivity index (χ1n) is 17.7. The van der Waals surface area contributed by atoms with Gasteiger partial charge in [-0.25, -0.2) is 33.9 Å². The minimum atomic E-state index is -1.10. The van der Waals surface area contributed by atoms with Crippen LogP contribution in [-0.4, -0.2) is 120 Å². The van der Waals surface area contributed by atoms with Crippen molar-refractivity contribution in [2.75, 3.05) is 49.9 Å². The molecule has 0 saturated carbocycles. The molecule has 0 aromatic carbocycles. The number of aromatic nitrogens is 6. The van der Waals surface area contributed by atoms with Crippen molar-refractivity contribution < 1.29 is 28.6 Å². The van der Waals surface area contributed by atoms with E-state index in [2.05, 4.69) is 40.5 Å². The summed E-state index contributed by atoms with van der Waals surface area (Å²) in [5, 5.41) is 17.2. The van der Waals surface area contributed by atoms with Crippen LogP contribution in [0.3, 0.4) is 0 Å². The van der Waals surface area contributed by atoms with Crippen LogP contribution in [0.2, 0.25) is 10.3 Å². The Labute approximate surface area is 323 Å². The van der Waals surface area contributed by atoms with Crippen LogP contribution < -0.4 is 10.6 Å². The van der Waals surface area contributed by atoms with E-state index >= 15 is 0 Å². The maximum absolute atomic E-state index is 14.2. The van der Waals surface area contributed by atoms with Crippen LogP contribution in [0.15, 0.2) is 36.9 Å². The number of nitrogens with zero attached hydrogens (tertiary/aromatic N) is 8. The lowest BCUT2D eigenvalue weighted by molar-refractivity contribution is -0.00596. The maximum atomic E-state index is 14.2. The molecule has 54 heavy (non-hydrogen) atoms. The molecule has 2 aliphatic heterocycles. The van der Waals surface area contributed by atoms with Gasteiger partial charge in [0.1, 0.15) is 38.7 Å². The SMILES string of the molecule is CC(C)(C)OC(=O)N1CC(F)CC(CNc2nc(Cl)cc3nccnc23)C1.CC(C)(C)OC(=O)N1CC(O)CC(CNc2nc(Cl)cc3nccnc23)C1. The lowest BCUT2D eigenvalue weighted by Gasteiger charge is -2.36. The average Bonchev–Trinajstić information content (AvgIpc) is 3.08. The largest absolute Gasteiger partial charge is 0.444 e. The molecule has 15 nitrogen and oxygen atoms in total. The van der Waals surface area contributed by atoms with Gasteiger partial charge < -0.3 is 35.0 Å². The standard InChI is InChI=1S/C18H23ClFN5O2.C18H24ClN5O3/c1-18(2,3)27-17(26)25-9-11(6-12(20)10-25)8-23-16-15-13(7-14(19)24-16)21-4-5-22-15;1-18(2,3)27-17(26)24-9-11(6-12(25)10-24)8-22-16-15-13(7-14(19)23-16)20-4-5-21-15/h4-5,7,11-12H,6,8-10H2,1-3H3,(H,23,24);4-5,7,11-12,25H,6,8-10H2,1-3H3,(H,22,23). The Hall–Kier alpha value is -4.41. The number of pyridine rings is 2. The van der Waals surface area contributed by atoms with Gasteiger partial charge in [0.25, 0.3) is 0 Å². The third-order valence-electron chi connectivity index (χ3n) is 8.27. The van der Waals surface area contributed by atoms with Gasteiger partial charge in [0.2, 0.25) is 0 Å². The third kappa shape index (κ3) is 11.8. The van der Waals surface area contributed by atoms with Crippen LogP contribution >= 0.6 is 23.2 Å². The number of piperidine rings is 2. The van der Waals surface area contributed by atoms with E-state index in [4.69, 9.17) is 32.7 Å². The van der Waals surface area contributed by atoms with Gasteiger partial charge in [-0.15, -0.1) is 0 Å². The summed E-state index contributed by atoms with van der Waals surface area (Å²) in [4.78, 5) is 53.2. The molecule has 0 bridgehead atoms. The number of amides is 2. The Bertz CT molecular complexity index is 1790. The minimum Gasteiger partial charge on any atom is -0.444 e. The highest BCUT2D eigenvalue weighted by Gasteiger charge is 2.33. The molecule has 2 fully saturated rings. The number of likely N-dealkylation sites (tertiary alicyclic amines) is 2. The molecule has 3 N–H and O–H groups in total. The zero-order chi connectivity index (χ0) is 39.2. The van der Waals surface area contributed by atoms with Crippen molar-refractivity contribution >= 4 is 69.1 Å². The monoisotopic (exact) mass is 788 g/mol. The van der Waals surface area contributed by atoms with Crippen molar-refractivity contribution in [1.82, 2.24) is 39.7 Å². The molecule has 4 atom stereocenters. The fourth-order valence-electron chi connectivity index (χ4n) is 6.17.